The molecule has 1 aliphatic carbocycles. The van der Waals surface area contributed by atoms with E-state index in [2.05, 4.69) is 4.98 Å². The van der Waals surface area contributed by atoms with Gasteiger partial charge in [0.1, 0.15) is 0 Å². The molecule has 0 spiro atoms. The molecule has 0 bridgehead atoms. The van der Waals surface area contributed by atoms with E-state index in [1.54, 1.807) is 41.7 Å². The Morgan fingerprint density at radius 1 is 1.28 bits per heavy atom. The minimum Gasteiger partial charge on any atom is -0.343 e. The maximum atomic E-state index is 13.1. The third-order valence-electron chi connectivity index (χ3n) is 5.05. The number of likely N-dealkylation sites (N-methyl/N-ethyl adjacent to an activating group) is 1. The number of amides is 1. The molecule has 1 aromatic carbocycles. The second-order valence-electron chi connectivity index (χ2n) is 6.76. The fourth-order valence-corrected chi connectivity index (χ4v) is 3.96. The van der Waals surface area contributed by atoms with Crippen molar-refractivity contribution in [2.75, 3.05) is 19.8 Å². The van der Waals surface area contributed by atoms with Crippen LogP contribution in [0.4, 0.5) is 0 Å². The quantitative estimate of drug-likeness (QED) is 0.787. The second kappa shape index (κ2) is 6.63. The number of imidazole rings is 1. The van der Waals surface area contributed by atoms with Crippen LogP contribution in [0.15, 0.2) is 47.9 Å². The van der Waals surface area contributed by atoms with Gasteiger partial charge < -0.3 is 9.47 Å². The van der Waals surface area contributed by atoms with Crippen LogP contribution >= 0.6 is 0 Å². The van der Waals surface area contributed by atoms with Gasteiger partial charge in [0.2, 0.25) is 5.91 Å². The molecule has 0 unspecified atom stereocenters. The summed E-state index contributed by atoms with van der Waals surface area (Å²) in [6.45, 7) is 1.31. The minimum atomic E-state index is -3.23. The van der Waals surface area contributed by atoms with E-state index < -0.39 is 15.3 Å². The molecule has 0 aliphatic heterocycles. The van der Waals surface area contributed by atoms with Gasteiger partial charge in [-0.05, 0) is 30.5 Å². The number of carbonyl (C=O) groups excluding carboxylic acids is 1. The number of nitrogens with zero attached hydrogens (tertiary/aromatic N) is 3. The Balaban J connectivity index is 1.76. The van der Waals surface area contributed by atoms with E-state index in [1.807, 2.05) is 17.8 Å². The van der Waals surface area contributed by atoms with Gasteiger partial charge in [-0.3, -0.25) is 4.79 Å². The molecule has 1 heterocycles. The molecule has 134 valence electrons. The van der Waals surface area contributed by atoms with Gasteiger partial charge >= 0.3 is 0 Å². The van der Waals surface area contributed by atoms with Crippen molar-refractivity contribution in [3.8, 4) is 0 Å². The molecule has 1 fully saturated rings. The Kier molecular flexibility index (Phi) is 4.69. The summed E-state index contributed by atoms with van der Waals surface area (Å²) < 4.78 is 25.2. The molecule has 1 aromatic heterocycles. The summed E-state index contributed by atoms with van der Waals surface area (Å²) in [4.78, 5) is 19.1. The number of sulfone groups is 1. The highest BCUT2D eigenvalue weighted by Crippen LogP contribution is 2.45. The van der Waals surface area contributed by atoms with Crippen molar-refractivity contribution in [2.45, 2.75) is 36.1 Å². The Bertz CT molecular complexity index is 838. The van der Waals surface area contributed by atoms with Gasteiger partial charge in [0, 0.05) is 38.8 Å². The van der Waals surface area contributed by atoms with Gasteiger partial charge in [-0.1, -0.05) is 18.6 Å². The van der Waals surface area contributed by atoms with E-state index in [1.165, 1.54) is 6.26 Å². The first-order chi connectivity index (χ1) is 11.8. The summed E-state index contributed by atoms with van der Waals surface area (Å²) in [6, 6.07) is 6.78. The second-order valence-corrected chi connectivity index (χ2v) is 8.78. The van der Waals surface area contributed by atoms with Crippen molar-refractivity contribution in [1.82, 2.24) is 14.5 Å². The molecule has 0 saturated heterocycles. The zero-order valence-corrected chi connectivity index (χ0v) is 15.4. The van der Waals surface area contributed by atoms with Gasteiger partial charge in [-0.15, -0.1) is 0 Å². The average molecular weight is 361 g/mol. The molecule has 0 N–H and O–H groups in total. The Morgan fingerprint density at radius 3 is 2.44 bits per heavy atom. The molecule has 2 aromatic rings. The van der Waals surface area contributed by atoms with E-state index in [-0.39, 0.29) is 10.8 Å². The molecular weight excluding hydrogens is 338 g/mol. The van der Waals surface area contributed by atoms with E-state index in [0.717, 1.165) is 24.8 Å². The maximum Gasteiger partial charge on any atom is 0.233 e. The lowest BCUT2D eigenvalue weighted by Gasteiger charge is -2.43. The van der Waals surface area contributed by atoms with Crippen LogP contribution in [-0.2, 0) is 26.6 Å². The van der Waals surface area contributed by atoms with Crippen molar-refractivity contribution >= 4 is 15.7 Å². The van der Waals surface area contributed by atoms with Crippen molar-refractivity contribution in [3.05, 3.63) is 48.5 Å². The molecule has 1 amide bonds. The molecular formula is C18H23N3O3S. The number of aromatic nitrogens is 2. The van der Waals surface area contributed by atoms with Crippen LogP contribution in [0.3, 0.4) is 0 Å². The van der Waals surface area contributed by atoms with Crippen molar-refractivity contribution in [2.24, 2.45) is 0 Å². The van der Waals surface area contributed by atoms with Gasteiger partial charge in [-0.2, -0.15) is 0 Å². The van der Waals surface area contributed by atoms with Crippen molar-refractivity contribution in [1.29, 1.82) is 0 Å². The fraction of sp³-hybridized carbons (Fsp3) is 0.444. The largest absolute Gasteiger partial charge is 0.343 e. The van der Waals surface area contributed by atoms with Crippen LogP contribution in [0.1, 0.15) is 24.8 Å². The number of hydrogen-bond donors (Lipinski definition) is 0. The summed E-state index contributed by atoms with van der Waals surface area (Å²) in [6.07, 6.45) is 9.14. The van der Waals surface area contributed by atoms with Crippen LogP contribution in [0.5, 0.6) is 0 Å². The lowest BCUT2D eigenvalue weighted by Crippen LogP contribution is -2.50. The van der Waals surface area contributed by atoms with Gasteiger partial charge in [0.25, 0.3) is 0 Å². The van der Waals surface area contributed by atoms with Gasteiger partial charge in [0.15, 0.2) is 9.84 Å². The van der Waals surface area contributed by atoms with E-state index in [9.17, 15) is 13.2 Å². The SMILES string of the molecule is CN(CCn1ccnc1)C(=O)C1(c2ccc(S(C)(=O)=O)cc2)CCC1. The molecule has 25 heavy (non-hydrogen) atoms. The molecule has 3 rings (SSSR count). The van der Waals surface area contributed by atoms with Crippen molar-refractivity contribution < 1.29 is 13.2 Å². The summed E-state index contributed by atoms with van der Waals surface area (Å²) in [5.74, 6) is 0.103. The summed E-state index contributed by atoms with van der Waals surface area (Å²) in [5.41, 5.74) is 0.394. The number of carbonyl (C=O) groups is 1. The van der Waals surface area contributed by atoms with E-state index in [0.29, 0.717) is 13.1 Å². The molecule has 1 saturated carbocycles. The predicted octanol–water partition coefficient (Wildman–Crippen LogP) is 1.87. The Hall–Kier alpha value is -2.15. The average Bonchev–Trinajstić information content (AvgIpc) is 3.04. The Morgan fingerprint density at radius 2 is 1.96 bits per heavy atom. The molecule has 0 radical (unpaired) electrons. The highest BCUT2D eigenvalue weighted by Gasteiger charge is 2.46. The first-order valence-electron chi connectivity index (χ1n) is 8.35. The van der Waals surface area contributed by atoms with Crippen LogP contribution < -0.4 is 0 Å². The summed E-state index contributed by atoms with van der Waals surface area (Å²) >= 11 is 0. The topological polar surface area (TPSA) is 72.3 Å². The lowest BCUT2D eigenvalue weighted by atomic mass is 9.63. The molecule has 1 aliphatic rings. The first kappa shape index (κ1) is 17.7. The summed E-state index contributed by atoms with van der Waals surface area (Å²) in [5, 5.41) is 0. The first-order valence-corrected chi connectivity index (χ1v) is 10.2. The zero-order chi connectivity index (χ0) is 18.1. The highest BCUT2D eigenvalue weighted by molar-refractivity contribution is 7.90. The summed E-state index contributed by atoms with van der Waals surface area (Å²) in [7, 11) is -1.40. The molecule has 6 nitrogen and oxygen atoms in total. The van der Waals surface area contributed by atoms with Crippen LogP contribution in [-0.4, -0.2) is 48.6 Å². The van der Waals surface area contributed by atoms with Crippen molar-refractivity contribution in [3.63, 3.8) is 0 Å². The number of benzene rings is 1. The van der Waals surface area contributed by atoms with Gasteiger partial charge in [-0.25, -0.2) is 13.4 Å². The smallest absolute Gasteiger partial charge is 0.233 e. The lowest BCUT2D eigenvalue weighted by molar-refractivity contribution is -0.139. The molecule has 7 heteroatoms. The third kappa shape index (κ3) is 3.46. The van der Waals surface area contributed by atoms with Crippen LogP contribution in [0.2, 0.25) is 0 Å². The van der Waals surface area contributed by atoms with E-state index in [4.69, 9.17) is 0 Å². The number of rotatable bonds is 6. The fourth-order valence-electron chi connectivity index (χ4n) is 3.33. The third-order valence-corrected chi connectivity index (χ3v) is 6.18. The Labute approximate surface area is 148 Å². The number of hydrogen-bond acceptors (Lipinski definition) is 4. The molecule has 0 atom stereocenters. The van der Waals surface area contributed by atoms with Crippen LogP contribution in [0, 0.1) is 0 Å². The monoisotopic (exact) mass is 361 g/mol. The zero-order valence-electron chi connectivity index (χ0n) is 14.6. The highest BCUT2D eigenvalue weighted by atomic mass is 32.2. The standard InChI is InChI=1S/C18H23N3O3S/c1-20(12-13-21-11-10-19-14-21)17(22)18(8-3-9-18)15-4-6-16(7-5-15)25(2,23)24/h4-7,10-11,14H,3,8-9,12-13H2,1-2H3. The maximum absolute atomic E-state index is 13.1. The van der Waals surface area contributed by atoms with E-state index >= 15 is 0 Å². The minimum absolute atomic E-state index is 0.103. The van der Waals surface area contributed by atoms with Crippen LogP contribution in [0.25, 0.3) is 0 Å². The normalized spacial score (nSPS) is 16.2. The predicted molar refractivity (Wildman–Crippen MR) is 94.9 cm³/mol. The van der Waals surface area contributed by atoms with Gasteiger partial charge in [0.05, 0.1) is 16.6 Å².